The molecule has 0 bridgehead atoms. The minimum atomic E-state index is 0.152. The zero-order chi connectivity index (χ0) is 17.1. The molecule has 0 atom stereocenters. The molecule has 0 saturated heterocycles. The van der Waals surface area contributed by atoms with Crippen LogP contribution in [0.1, 0.15) is 65.9 Å². The van der Waals surface area contributed by atoms with Gasteiger partial charge < -0.3 is 5.32 Å². The molecule has 1 fully saturated rings. The van der Waals surface area contributed by atoms with E-state index in [4.69, 9.17) is 0 Å². The minimum Gasteiger partial charge on any atom is -0.352 e. The third-order valence-corrected chi connectivity index (χ3v) is 5.96. The number of hydrogen-bond acceptors (Lipinski definition) is 3. The number of hydrogen-bond donors (Lipinski definition) is 1. The summed E-state index contributed by atoms with van der Waals surface area (Å²) in [5.74, 6) is 0.988. The van der Waals surface area contributed by atoms with Gasteiger partial charge in [0.05, 0.1) is 6.20 Å². The number of rotatable bonds is 4. The van der Waals surface area contributed by atoms with Crippen LogP contribution in [0.2, 0.25) is 0 Å². The van der Waals surface area contributed by atoms with E-state index in [-0.39, 0.29) is 17.2 Å². The molecule has 0 aromatic carbocycles. The van der Waals surface area contributed by atoms with Gasteiger partial charge in [0.1, 0.15) is 0 Å². The summed E-state index contributed by atoms with van der Waals surface area (Å²) in [6.07, 6.45) is 7.63. The predicted octanol–water partition coefficient (Wildman–Crippen LogP) is 3.97. The lowest BCUT2D eigenvalue weighted by Crippen LogP contribution is -2.45. The van der Waals surface area contributed by atoms with Crippen LogP contribution in [0.4, 0.5) is 0 Å². The Balaban J connectivity index is 1.92. The number of nitrogens with zero attached hydrogens (tertiary/aromatic N) is 2. The van der Waals surface area contributed by atoms with E-state index in [1.807, 2.05) is 6.07 Å². The largest absolute Gasteiger partial charge is 0.352 e. The molecule has 0 spiro atoms. The molecule has 1 aliphatic rings. The van der Waals surface area contributed by atoms with Gasteiger partial charge in [-0.05, 0) is 54.1 Å². The van der Waals surface area contributed by atoms with Gasteiger partial charge in [-0.2, -0.15) is 10.2 Å². The van der Waals surface area contributed by atoms with Gasteiger partial charge in [0.2, 0.25) is 5.91 Å². The molecule has 0 aliphatic heterocycles. The van der Waals surface area contributed by atoms with Gasteiger partial charge in [0.15, 0.2) is 0 Å². The van der Waals surface area contributed by atoms with Crippen molar-refractivity contribution in [2.75, 3.05) is 0 Å². The maximum Gasteiger partial charge on any atom is 0.223 e. The van der Waals surface area contributed by atoms with Crippen LogP contribution in [0, 0.1) is 22.7 Å². The zero-order valence-electron chi connectivity index (χ0n) is 15.2. The van der Waals surface area contributed by atoms with Crippen LogP contribution >= 0.6 is 0 Å². The Morgan fingerprint density at radius 1 is 1.30 bits per heavy atom. The van der Waals surface area contributed by atoms with Crippen molar-refractivity contribution in [1.29, 1.82) is 0 Å². The van der Waals surface area contributed by atoms with E-state index in [9.17, 15) is 4.79 Å². The van der Waals surface area contributed by atoms with E-state index >= 15 is 0 Å². The molecule has 1 N–H and O–H groups in total. The van der Waals surface area contributed by atoms with Crippen LogP contribution in [-0.2, 0) is 11.3 Å². The summed E-state index contributed by atoms with van der Waals surface area (Å²) in [4.78, 5) is 12.5. The van der Waals surface area contributed by atoms with Crippen LogP contribution in [-0.4, -0.2) is 16.1 Å². The Bertz CT molecular complexity index is 511. The lowest BCUT2D eigenvalue weighted by molar-refractivity contribution is -0.128. The van der Waals surface area contributed by atoms with Crippen molar-refractivity contribution < 1.29 is 4.79 Å². The van der Waals surface area contributed by atoms with E-state index in [1.54, 1.807) is 12.4 Å². The predicted molar refractivity (Wildman–Crippen MR) is 92.6 cm³/mol. The van der Waals surface area contributed by atoms with E-state index < -0.39 is 0 Å². The molecule has 0 unspecified atom stereocenters. The SMILES string of the molecule is CC(C)C1(C(C)(C)C)CCC(C(=O)NCc2ccnnc2)CC1. The molecule has 4 nitrogen and oxygen atoms in total. The van der Waals surface area contributed by atoms with Crippen LogP contribution in [0.15, 0.2) is 18.5 Å². The number of carbonyl (C=O) groups excluding carboxylic acids is 1. The third kappa shape index (κ3) is 3.91. The van der Waals surface area contributed by atoms with Gasteiger partial charge in [-0.15, -0.1) is 0 Å². The van der Waals surface area contributed by atoms with Gasteiger partial charge in [-0.3, -0.25) is 4.79 Å². The van der Waals surface area contributed by atoms with Crippen molar-refractivity contribution >= 4 is 5.91 Å². The molecular formula is C19H31N3O. The van der Waals surface area contributed by atoms with Crippen LogP contribution in [0.5, 0.6) is 0 Å². The van der Waals surface area contributed by atoms with Crippen molar-refractivity contribution in [1.82, 2.24) is 15.5 Å². The Morgan fingerprint density at radius 3 is 2.43 bits per heavy atom. The Morgan fingerprint density at radius 2 is 1.96 bits per heavy atom. The smallest absolute Gasteiger partial charge is 0.223 e. The van der Waals surface area contributed by atoms with Crippen molar-refractivity contribution in [3.63, 3.8) is 0 Å². The average molecular weight is 317 g/mol. The first kappa shape index (κ1) is 17.9. The van der Waals surface area contributed by atoms with Crippen LogP contribution in [0.25, 0.3) is 0 Å². The minimum absolute atomic E-state index is 0.152. The number of amides is 1. The topological polar surface area (TPSA) is 54.9 Å². The highest BCUT2D eigenvalue weighted by molar-refractivity contribution is 5.78. The molecule has 1 heterocycles. The normalized spacial score (nSPS) is 25.4. The van der Waals surface area contributed by atoms with Gasteiger partial charge >= 0.3 is 0 Å². The molecular weight excluding hydrogens is 286 g/mol. The zero-order valence-corrected chi connectivity index (χ0v) is 15.2. The maximum absolute atomic E-state index is 12.5. The molecule has 0 radical (unpaired) electrons. The highest BCUT2D eigenvalue weighted by Gasteiger charge is 2.47. The van der Waals surface area contributed by atoms with Crippen molar-refractivity contribution in [3.05, 3.63) is 24.0 Å². The van der Waals surface area contributed by atoms with Gasteiger partial charge in [-0.1, -0.05) is 34.6 Å². The summed E-state index contributed by atoms with van der Waals surface area (Å²) < 4.78 is 0. The summed E-state index contributed by atoms with van der Waals surface area (Å²) in [5, 5.41) is 10.7. The summed E-state index contributed by atoms with van der Waals surface area (Å²) in [6, 6.07) is 1.89. The quantitative estimate of drug-likeness (QED) is 0.914. The van der Waals surface area contributed by atoms with E-state index in [1.165, 1.54) is 0 Å². The maximum atomic E-state index is 12.5. The highest BCUT2D eigenvalue weighted by atomic mass is 16.1. The first-order valence-corrected chi connectivity index (χ1v) is 8.79. The third-order valence-electron chi connectivity index (χ3n) is 5.96. The molecule has 1 amide bonds. The van der Waals surface area contributed by atoms with Gasteiger partial charge in [0.25, 0.3) is 0 Å². The molecule has 23 heavy (non-hydrogen) atoms. The average Bonchev–Trinajstić information content (AvgIpc) is 2.52. The molecule has 1 aromatic heterocycles. The second-order valence-electron chi connectivity index (χ2n) is 8.30. The van der Waals surface area contributed by atoms with Crippen LogP contribution in [0.3, 0.4) is 0 Å². The fourth-order valence-electron chi connectivity index (χ4n) is 4.34. The monoisotopic (exact) mass is 317 g/mol. The first-order chi connectivity index (χ1) is 10.8. The highest BCUT2D eigenvalue weighted by Crippen LogP contribution is 2.55. The standard InChI is InChI=1S/C19H31N3O/c1-14(2)19(18(3,4)5)9-6-16(7-10-19)17(23)20-12-15-8-11-21-22-13-15/h8,11,13-14,16H,6-7,9-10,12H2,1-5H3,(H,20,23). The van der Waals surface area contributed by atoms with E-state index in [0.717, 1.165) is 31.2 Å². The second kappa shape index (κ2) is 6.98. The van der Waals surface area contributed by atoms with Crippen molar-refractivity contribution in [2.45, 2.75) is 66.8 Å². The number of carbonyl (C=O) groups is 1. The molecule has 1 aromatic rings. The van der Waals surface area contributed by atoms with E-state index in [2.05, 4.69) is 50.1 Å². The summed E-state index contributed by atoms with van der Waals surface area (Å²) in [7, 11) is 0. The molecule has 4 heteroatoms. The number of nitrogens with one attached hydrogen (secondary N) is 1. The van der Waals surface area contributed by atoms with Crippen LogP contribution < -0.4 is 5.32 Å². The Hall–Kier alpha value is -1.45. The summed E-state index contributed by atoms with van der Waals surface area (Å²) in [5.41, 5.74) is 1.62. The molecule has 128 valence electrons. The van der Waals surface area contributed by atoms with E-state index in [0.29, 0.717) is 17.9 Å². The Labute approximate surface area is 140 Å². The first-order valence-electron chi connectivity index (χ1n) is 8.79. The van der Waals surface area contributed by atoms with Crippen molar-refractivity contribution in [3.8, 4) is 0 Å². The summed E-state index contributed by atoms with van der Waals surface area (Å²) in [6.45, 7) is 12.3. The molecule has 1 saturated carbocycles. The van der Waals surface area contributed by atoms with Gasteiger partial charge in [-0.25, -0.2) is 0 Å². The fraction of sp³-hybridized carbons (Fsp3) is 0.737. The molecule has 2 rings (SSSR count). The summed E-state index contributed by atoms with van der Waals surface area (Å²) >= 11 is 0. The van der Waals surface area contributed by atoms with Crippen molar-refractivity contribution in [2.24, 2.45) is 22.7 Å². The van der Waals surface area contributed by atoms with Gasteiger partial charge in [0, 0.05) is 18.7 Å². The second-order valence-corrected chi connectivity index (χ2v) is 8.30. The number of aromatic nitrogens is 2. The lowest BCUT2D eigenvalue weighted by Gasteiger charge is -2.52. The lowest BCUT2D eigenvalue weighted by atomic mass is 9.53. The Kier molecular flexibility index (Phi) is 5.43. The molecule has 1 aliphatic carbocycles. The fourth-order valence-corrected chi connectivity index (χ4v) is 4.34.